The second-order valence-corrected chi connectivity index (χ2v) is 4.43. The molecule has 0 fully saturated rings. The van der Waals surface area contributed by atoms with Crippen LogP contribution in [-0.2, 0) is 0 Å². The highest BCUT2D eigenvalue weighted by atomic mass is 15.1. The minimum absolute atomic E-state index is 1.22. The summed E-state index contributed by atoms with van der Waals surface area (Å²) in [4.78, 5) is 2.13. The van der Waals surface area contributed by atoms with Crippen LogP contribution in [0.5, 0.6) is 0 Å². The van der Waals surface area contributed by atoms with Gasteiger partial charge in [-0.1, -0.05) is 29.8 Å². The van der Waals surface area contributed by atoms with E-state index in [4.69, 9.17) is 0 Å². The van der Waals surface area contributed by atoms with E-state index >= 15 is 0 Å². The fraction of sp³-hybridized carbons (Fsp3) is 0.357. The maximum atomic E-state index is 2.16. The normalized spacial score (nSPS) is 11.2. The molecule has 0 heterocycles. The van der Waals surface area contributed by atoms with Gasteiger partial charge >= 0.3 is 0 Å². The first-order valence-electron chi connectivity index (χ1n) is 5.46. The van der Waals surface area contributed by atoms with Gasteiger partial charge in [-0.3, -0.25) is 0 Å². The smallest absolute Gasteiger partial charge is 0.164 e. The van der Waals surface area contributed by atoms with Gasteiger partial charge in [0, 0.05) is 25.9 Å². The van der Waals surface area contributed by atoms with Gasteiger partial charge in [0.15, 0.2) is 6.21 Å². The van der Waals surface area contributed by atoms with Crippen molar-refractivity contribution in [1.29, 1.82) is 0 Å². The van der Waals surface area contributed by atoms with Gasteiger partial charge in [-0.25, -0.2) is 4.58 Å². The summed E-state index contributed by atoms with van der Waals surface area (Å²) in [7, 11) is 8.18. The van der Waals surface area contributed by atoms with Crippen molar-refractivity contribution in [1.82, 2.24) is 4.90 Å². The van der Waals surface area contributed by atoms with Crippen molar-refractivity contribution < 1.29 is 4.58 Å². The average molecular weight is 217 g/mol. The van der Waals surface area contributed by atoms with E-state index in [0.29, 0.717) is 0 Å². The van der Waals surface area contributed by atoms with Gasteiger partial charge in [0.25, 0.3) is 0 Å². The third-order valence-electron chi connectivity index (χ3n) is 2.36. The van der Waals surface area contributed by atoms with Gasteiger partial charge in [0.1, 0.15) is 14.1 Å². The fourth-order valence-corrected chi connectivity index (χ4v) is 1.45. The Hall–Kier alpha value is -1.57. The highest BCUT2D eigenvalue weighted by Gasteiger charge is 2.03. The van der Waals surface area contributed by atoms with E-state index in [9.17, 15) is 0 Å². The van der Waals surface area contributed by atoms with Crippen molar-refractivity contribution in [3.8, 4) is 0 Å². The van der Waals surface area contributed by atoms with Gasteiger partial charge in [-0.15, -0.1) is 0 Å². The molecule has 0 N–H and O–H groups in total. The predicted octanol–water partition coefficient (Wildman–Crippen LogP) is 2.24. The van der Waals surface area contributed by atoms with E-state index in [1.54, 1.807) is 0 Å². The van der Waals surface area contributed by atoms with Gasteiger partial charge in [0.2, 0.25) is 0 Å². The molecule has 0 saturated carbocycles. The molecule has 0 saturated heterocycles. The summed E-state index contributed by atoms with van der Waals surface area (Å²) in [6, 6.07) is 8.60. The molecule has 0 unspecified atom stereocenters. The molecule has 1 aromatic rings. The first-order valence-corrected chi connectivity index (χ1v) is 5.46. The third-order valence-corrected chi connectivity index (χ3v) is 2.36. The van der Waals surface area contributed by atoms with Crippen LogP contribution in [0.15, 0.2) is 30.3 Å². The standard InChI is InChI=1S/C14H21N2/c1-12-6-8-13(9-7-12)14(16(4)5)10-11-15(2)3/h6-11H,1-5H3/q+1. The molecular weight excluding hydrogens is 196 g/mol. The van der Waals surface area contributed by atoms with Crippen LogP contribution in [0.4, 0.5) is 0 Å². The van der Waals surface area contributed by atoms with E-state index in [2.05, 4.69) is 62.5 Å². The van der Waals surface area contributed by atoms with E-state index in [1.807, 2.05) is 18.7 Å². The SMILES string of the molecule is Cc1ccc(/C(=C\C=[N+](C)C)N(C)C)cc1. The topological polar surface area (TPSA) is 6.25 Å². The molecule has 2 heteroatoms. The average Bonchev–Trinajstić information content (AvgIpc) is 2.20. The number of hydrogen-bond acceptors (Lipinski definition) is 1. The zero-order valence-corrected chi connectivity index (χ0v) is 10.9. The molecule has 86 valence electrons. The van der Waals surface area contributed by atoms with Gasteiger partial charge in [-0.05, 0) is 12.5 Å². The second-order valence-electron chi connectivity index (χ2n) is 4.43. The number of rotatable bonds is 3. The van der Waals surface area contributed by atoms with Crippen LogP contribution in [0, 0.1) is 6.92 Å². The van der Waals surface area contributed by atoms with Crippen molar-refractivity contribution in [2.45, 2.75) is 6.92 Å². The number of aryl methyl sites for hydroxylation is 1. The Morgan fingerprint density at radius 2 is 1.69 bits per heavy atom. The molecular formula is C14H21N2+. The summed E-state index contributed by atoms with van der Waals surface area (Å²) in [5.41, 5.74) is 3.75. The minimum Gasteiger partial charge on any atom is -0.377 e. The highest BCUT2D eigenvalue weighted by Crippen LogP contribution is 2.16. The lowest BCUT2D eigenvalue weighted by atomic mass is 10.1. The first-order chi connectivity index (χ1) is 7.50. The lowest BCUT2D eigenvalue weighted by Crippen LogP contribution is -2.11. The Balaban J connectivity index is 3.08. The molecule has 0 spiro atoms. The van der Waals surface area contributed by atoms with Crippen molar-refractivity contribution >= 4 is 11.9 Å². The van der Waals surface area contributed by atoms with Crippen LogP contribution in [-0.4, -0.2) is 43.9 Å². The van der Waals surface area contributed by atoms with E-state index in [0.717, 1.165) is 0 Å². The first kappa shape index (κ1) is 12.5. The maximum absolute atomic E-state index is 2.16. The minimum atomic E-state index is 1.22. The number of hydrogen-bond donors (Lipinski definition) is 0. The molecule has 0 aliphatic rings. The maximum Gasteiger partial charge on any atom is 0.164 e. The van der Waals surface area contributed by atoms with E-state index in [1.165, 1.54) is 16.8 Å². The fourth-order valence-electron chi connectivity index (χ4n) is 1.45. The van der Waals surface area contributed by atoms with Crippen molar-refractivity contribution in [3.63, 3.8) is 0 Å². The Morgan fingerprint density at radius 1 is 1.12 bits per heavy atom. The Kier molecular flexibility index (Phi) is 4.29. The monoisotopic (exact) mass is 217 g/mol. The van der Waals surface area contributed by atoms with Gasteiger partial charge < -0.3 is 4.90 Å². The molecule has 0 bridgehead atoms. The summed E-state index contributed by atoms with van der Waals surface area (Å²) in [6.07, 6.45) is 4.19. The van der Waals surface area contributed by atoms with Gasteiger partial charge in [0.05, 0.1) is 0 Å². The molecule has 0 radical (unpaired) electrons. The highest BCUT2D eigenvalue weighted by molar-refractivity contribution is 5.81. The van der Waals surface area contributed by atoms with Crippen LogP contribution in [0.2, 0.25) is 0 Å². The summed E-state index contributed by atoms with van der Waals surface area (Å²) in [5, 5.41) is 0. The van der Waals surface area contributed by atoms with Crippen molar-refractivity contribution in [2.24, 2.45) is 0 Å². The van der Waals surface area contributed by atoms with Crippen LogP contribution < -0.4 is 0 Å². The van der Waals surface area contributed by atoms with E-state index < -0.39 is 0 Å². The molecule has 2 nitrogen and oxygen atoms in total. The van der Waals surface area contributed by atoms with Crippen LogP contribution in [0.3, 0.4) is 0 Å². The molecule has 0 atom stereocenters. The molecule has 1 rings (SSSR count). The quantitative estimate of drug-likeness (QED) is 0.556. The molecule has 0 aliphatic carbocycles. The second kappa shape index (κ2) is 5.50. The number of allylic oxidation sites excluding steroid dienone is 1. The zero-order valence-electron chi connectivity index (χ0n) is 10.9. The summed E-state index contributed by atoms with van der Waals surface area (Å²) in [5.74, 6) is 0. The number of benzene rings is 1. The van der Waals surface area contributed by atoms with Crippen LogP contribution in [0.25, 0.3) is 5.70 Å². The number of nitrogens with zero attached hydrogens (tertiary/aromatic N) is 2. The van der Waals surface area contributed by atoms with Gasteiger partial charge in [-0.2, -0.15) is 0 Å². The summed E-state index contributed by atoms with van der Waals surface area (Å²) >= 11 is 0. The Bertz CT molecular complexity index is 393. The lowest BCUT2D eigenvalue weighted by Gasteiger charge is -2.16. The molecule has 1 aromatic carbocycles. The molecule has 0 aliphatic heterocycles. The van der Waals surface area contributed by atoms with Crippen LogP contribution >= 0.6 is 0 Å². The molecule has 0 amide bonds. The largest absolute Gasteiger partial charge is 0.377 e. The van der Waals surface area contributed by atoms with Crippen molar-refractivity contribution in [3.05, 3.63) is 41.5 Å². The van der Waals surface area contributed by atoms with Crippen LogP contribution in [0.1, 0.15) is 11.1 Å². The zero-order chi connectivity index (χ0) is 12.1. The predicted molar refractivity (Wildman–Crippen MR) is 71.0 cm³/mol. The summed E-state index contributed by atoms with van der Waals surface area (Å²) in [6.45, 7) is 2.11. The molecule has 0 aromatic heterocycles. The van der Waals surface area contributed by atoms with Crippen molar-refractivity contribution in [2.75, 3.05) is 28.2 Å². The Morgan fingerprint density at radius 3 is 2.12 bits per heavy atom. The third kappa shape index (κ3) is 3.54. The Labute approximate surface area is 98.5 Å². The molecule has 16 heavy (non-hydrogen) atoms. The lowest BCUT2D eigenvalue weighted by molar-refractivity contribution is -0.458. The van der Waals surface area contributed by atoms with E-state index in [-0.39, 0.29) is 0 Å². The summed E-state index contributed by atoms with van der Waals surface area (Å²) < 4.78 is 2.04.